The molecule has 0 saturated heterocycles. The third-order valence-electron chi connectivity index (χ3n) is 2.03. The van der Waals surface area contributed by atoms with E-state index < -0.39 is 0 Å². The Labute approximate surface area is 96.4 Å². The Morgan fingerprint density at radius 3 is 3.00 bits per heavy atom. The second-order valence-electron chi connectivity index (χ2n) is 3.51. The van der Waals surface area contributed by atoms with Crippen molar-refractivity contribution in [1.82, 2.24) is 9.97 Å². The predicted octanol–water partition coefficient (Wildman–Crippen LogP) is 1.42. The molecule has 5 heteroatoms. The van der Waals surface area contributed by atoms with E-state index in [0.717, 1.165) is 38.2 Å². The van der Waals surface area contributed by atoms with Crippen molar-refractivity contribution < 1.29 is 4.74 Å². The first-order valence-corrected chi connectivity index (χ1v) is 5.75. The average molecular weight is 224 g/mol. The van der Waals surface area contributed by atoms with Gasteiger partial charge in [0.05, 0.1) is 6.61 Å². The molecule has 16 heavy (non-hydrogen) atoms. The molecule has 0 aromatic carbocycles. The van der Waals surface area contributed by atoms with Crippen LogP contribution in [-0.2, 0) is 0 Å². The zero-order chi connectivity index (χ0) is 11.6. The van der Waals surface area contributed by atoms with E-state index in [4.69, 9.17) is 10.5 Å². The maximum absolute atomic E-state index is 5.41. The van der Waals surface area contributed by atoms with Crippen molar-refractivity contribution in [3.8, 4) is 5.88 Å². The smallest absolute Gasteiger partial charge is 0.218 e. The summed E-state index contributed by atoms with van der Waals surface area (Å²) >= 11 is 0. The van der Waals surface area contributed by atoms with Gasteiger partial charge in [0.15, 0.2) is 0 Å². The summed E-state index contributed by atoms with van der Waals surface area (Å²) < 4.78 is 5.41. The number of nitrogens with one attached hydrogen (secondary N) is 1. The van der Waals surface area contributed by atoms with Gasteiger partial charge in [0.1, 0.15) is 12.1 Å². The van der Waals surface area contributed by atoms with Crippen LogP contribution in [0.5, 0.6) is 5.88 Å². The van der Waals surface area contributed by atoms with Crippen molar-refractivity contribution in [1.29, 1.82) is 0 Å². The number of hydrogen-bond donors (Lipinski definition) is 2. The van der Waals surface area contributed by atoms with Crippen molar-refractivity contribution in [3.05, 3.63) is 12.4 Å². The van der Waals surface area contributed by atoms with Crippen molar-refractivity contribution in [2.45, 2.75) is 26.2 Å². The number of nitrogens with zero attached hydrogens (tertiary/aromatic N) is 2. The maximum atomic E-state index is 5.41. The van der Waals surface area contributed by atoms with E-state index in [-0.39, 0.29) is 0 Å². The SMILES string of the molecule is CCCOc1cc(NCCCCN)ncn1. The Balaban J connectivity index is 2.35. The van der Waals surface area contributed by atoms with Crippen molar-refractivity contribution >= 4 is 5.82 Å². The van der Waals surface area contributed by atoms with E-state index in [1.807, 2.05) is 6.07 Å². The molecule has 0 aliphatic rings. The molecule has 0 saturated carbocycles. The number of rotatable bonds is 8. The maximum Gasteiger partial charge on any atom is 0.218 e. The zero-order valence-electron chi connectivity index (χ0n) is 9.78. The minimum atomic E-state index is 0.623. The molecular formula is C11H20N4O. The van der Waals surface area contributed by atoms with E-state index in [1.165, 1.54) is 6.33 Å². The molecule has 0 amide bonds. The highest BCUT2D eigenvalue weighted by Gasteiger charge is 1.98. The van der Waals surface area contributed by atoms with Gasteiger partial charge in [-0.2, -0.15) is 0 Å². The molecule has 0 aliphatic heterocycles. The van der Waals surface area contributed by atoms with Crippen molar-refractivity contribution in [2.75, 3.05) is 25.0 Å². The van der Waals surface area contributed by atoms with E-state index in [2.05, 4.69) is 22.2 Å². The average Bonchev–Trinajstić information content (AvgIpc) is 2.33. The lowest BCUT2D eigenvalue weighted by Gasteiger charge is -2.07. The summed E-state index contributed by atoms with van der Waals surface area (Å²) in [5.74, 6) is 1.43. The van der Waals surface area contributed by atoms with Gasteiger partial charge in [0.2, 0.25) is 5.88 Å². The molecule has 0 unspecified atom stereocenters. The van der Waals surface area contributed by atoms with Crippen LogP contribution < -0.4 is 15.8 Å². The quantitative estimate of drug-likeness (QED) is 0.653. The lowest BCUT2D eigenvalue weighted by molar-refractivity contribution is 0.305. The largest absolute Gasteiger partial charge is 0.478 e. The summed E-state index contributed by atoms with van der Waals surface area (Å²) in [7, 11) is 0. The Kier molecular flexibility index (Phi) is 6.25. The molecule has 1 rings (SSSR count). The molecule has 1 aromatic heterocycles. The molecular weight excluding hydrogens is 204 g/mol. The number of ether oxygens (including phenoxy) is 1. The van der Waals surface area contributed by atoms with Gasteiger partial charge in [-0.05, 0) is 25.8 Å². The first-order valence-electron chi connectivity index (χ1n) is 5.75. The molecule has 5 nitrogen and oxygen atoms in total. The Morgan fingerprint density at radius 1 is 1.38 bits per heavy atom. The van der Waals surface area contributed by atoms with E-state index in [0.29, 0.717) is 12.5 Å². The highest BCUT2D eigenvalue weighted by Crippen LogP contribution is 2.11. The van der Waals surface area contributed by atoms with Crippen molar-refractivity contribution in [2.24, 2.45) is 5.73 Å². The number of unbranched alkanes of at least 4 members (excludes halogenated alkanes) is 1. The van der Waals surface area contributed by atoms with E-state index >= 15 is 0 Å². The van der Waals surface area contributed by atoms with Crippen LogP contribution in [0, 0.1) is 0 Å². The third-order valence-corrected chi connectivity index (χ3v) is 2.03. The first kappa shape index (κ1) is 12.7. The number of hydrogen-bond acceptors (Lipinski definition) is 5. The third kappa shape index (κ3) is 4.93. The Hall–Kier alpha value is -1.36. The van der Waals surface area contributed by atoms with Crippen LogP contribution in [0.4, 0.5) is 5.82 Å². The molecule has 1 aromatic rings. The van der Waals surface area contributed by atoms with Gasteiger partial charge < -0.3 is 15.8 Å². The molecule has 90 valence electrons. The molecule has 0 bridgehead atoms. The molecule has 1 heterocycles. The summed E-state index contributed by atoms with van der Waals surface area (Å²) in [6, 6.07) is 1.82. The molecule has 0 radical (unpaired) electrons. The normalized spacial score (nSPS) is 10.1. The molecule has 0 atom stereocenters. The number of anilines is 1. The van der Waals surface area contributed by atoms with Crippen LogP contribution in [0.2, 0.25) is 0 Å². The van der Waals surface area contributed by atoms with Gasteiger partial charge in [-0.1, -0.05) is 6.92 Å². The lowest BCUT2D eigenvalue weighted by Crippen LogP contribution is -2.07. The topological polar surface area (TPSA) is 73.1 Å². The predicted molar refractivity (Wildman–Crippen MR) is 64.6 cm³/mol. The van der Waals surface area contributed by atoms with Gasteiger partial charge in [-0.15, -0.1) is 0 Å². The van der Waals surface area contributed by atoms with Crippen LogP contribution in [0.3, 0.4) is 0 Å². The van der Waals surface area contributed by atoms with Crippen LogP contribution in [-0.4, -0.2) is 29.7 Å². The summed E-state index contributed by atoms with van der Waals surface area (Å²) in [6.07, 6.45) is 4.56. The van der Waals surface area contributed by atoms with Crippen LogP contribution in [0.25, 0.3) is 0 Å². The first-order chi connectivity index (χ1) is 7.86. The molecule has 3 N–H and O–H groups in total. The van der Waals surface area contributed by atoms with Gasteiger partial charge in [0, 0.05) is 12.6 Å². The van der Waals surface area contributed by atoms with Crippen molar-refractivity contribution in [3.63, 3.8) is 0 Å². The van der Waals surface area contributed by atoms with Crippen LogP contribution >= 0.6 is 0 Å². The standard InChI is InChI=1S/C11H20N4O/c1-2-7-16-11-8-10(14-9-15-11)13-6-4-3-5-12/h8-9H,2-7,12H2,1H3,(H,13,14,15). The summed E-state index contributed by atoms with van der Waals surface area (Å²) in [5.41, 5.74) is 5.41. The highest BCUT2D eigenvalue weighted by molar-refractivity contribution is 5.36. The van der Waals surface area contributed by atoms with Crippen LogP contribution in [0.15, 0.2) is 12.4 Å². The Bertz CT molecular complexity index is 293. The number of nitrogens with two attached hydrogens (primary N) is 1. The molecule has 0 fully saturated rings. The minimum absolute atomic E-state index is 0.623. The second-order valence-corrected chi connectivity index (χ2v) is 3.51. The number of aromatic nitrogens is 2. The summed E-state index contributed by atoms with van der Waals surface area (Å²) in [4.78, 5) is 8.14. The van der Waals surface area contributed by atoms with E-state index in [1.54, 1.807) is 0 Å². The summed E-state index contributed by atoms with van der Waals surface area (Å²) in [5, 5.41) is 3.21. The fraction of sp³-hybridized carbons (Fsp3) is 0.636. The fourth-order valence-corrected chi connectivity index (χ4v) is 1.21. The molecule has 0 aliphatic carbocycles. The Morgan fingerprint density at radius 2 is 2.25 bits per heavy atom. The monoisotopic (exact) mass is 224 g/mol. The lowest BCUT2D eigenvalue weighted by atomic mass is 10.3. The summed E-state index contributed by atoms with van der Waals surface area (Å²) in [6.45, 7) is 4.36. The van der Waals surface area contributed by atoms with Gasteiger partial charge in [-0.25, -0.2) is 9.97 Å². The highest BCUT2D eigenvalue weighted by atomic mass is 16.5. The molecule has 0 spiro atoms. The minimum Gasteiger partial charge on any atom is -0.478 e. The van der Waals surface area contributed by atoms with Gasteiger partial charge in [-0.3, -0.25) is 0 Å². The fourth-order valence-electron chi connectivity index (χ4n) is 1.21. The van der Waals surface area contributed by atoms with Gasteiger partial charge >= 0.3 is 0 Å². The van der Waals surface area contributed by atoms with E-state index in [9.17, 15) is 0 Å². The van der Waals surface area contributed by atoms with Gasteiger partial charge in [0.25, 0.3) is 0 Å². The second kappa shape index (κ2) is 7.87. The van der Waals surface area contributed by atoms with Crippen LogP contribution in [0.1, 0.15) is 26.2 Å². The zero-order valence-corrected chi connectivity index (χ0v) is 9.78.